The van der Waals surface area contributed by atoms with Gasteiger partial charge in [0, 0.05) is 16.7 Å². The third-order valence-corrected chi connectivity index (χ3v) is 6.32. The zero-order valence-electron chi connectivity index (χ0n) is 11.0. The Morgan fingerprint density at radius 2 is 1.67 bits per heavy atom. The summed E-state index contributed by atoms with van der Waals surface area (Å²) in [6.07, 6.45) is 0.525. The third kappa shape index (κ3) is 5.83. The molecule has 1 rings (SSSR count). The lowest BCUT2D eigenvalue weighted by atomic mass is 10.3. The first-order valence-corrected chi connectivity index (χ1v) is 10.7. The standard InChI is InChI=1S/C11H13Cl3O5S2/c1-2-4-20(15,16)5-3-19-10-6-9(13)11(7-8(10)12)21(14,17)18/h6-7H,2-5H2,1H3. The van der Waals surface area contributed by atoms with Crippen molar-refractivity contribution in [3.05, 3.63) is 22.2 Å². The Bertz CT molecular complexity index is 714. The van der Waals surface area contributed by atoms with E-state index in [-0.39, 0.29) is 38.8 Å². The fourth-order valence-electron chi connectivity index (χ4n) is 1.50. The van der Waals surface area contributed by atoms with Crippen LogP contribution in [0.1, 0.15) is 13.3 Å². The van der Waals surface area contributed by atoms with Crippen LogP contribution in [0.3, 0.4) is 0 Å². The van der Waals surface area contributed by atoms with Gasteiger partial charge in [-0.1, -0.05) is 30.1 Å². The zero-order chi connectivity index (χ0) is 16.3. The first-order chi connectivity index (χ1) is 9.57. The molecule has 1 aromatic carbocycles. The predicted octanol–water partition coefficient (Wildman–Crippen LogP) is 3.12. The Labute approximate surface area is 138 Å². The molecule has 0 unspecified atom stereocenters. The maximum atomic E-state index is 11.5. The fourth-order valence-corrected chi connectivity index (χ4v) is 4.46. The molecule has 120 valence electrons. The van der Waals surface area contributed by atoms with Gasteiger partial charge >= 0.3 is 0 Å². The fraction of sp³-hybridized carbons (Fsp3) is 0.455. The summed E-state index contributed by atoms with van der Waals surface area (Å²) in [6, 6.07) is 2.24. The predicted molar refractivity (Wildman–Crippen MR) is 83.9 cm³/mol. The van der Waals surface area contributed by atoms with E-state index in [2.05, 4.69) is 0 Å². The van der Waals surface area contributed by atoms with Gasteiger partial charge in [0.25, 0.3) is 9.05 Å². The normalized spacial score (nSPS) is 12.4. The molecule has 0 amide bonds. The second-order valence-corrected chi connectivity index (χ2v) is 9.80. The van der Waals surface area contributed by atoms with Crippen LogP contribution in [0.15, 0.2) is 17.0 Å². The highest BCUT2D eigenvalue weighted by Gasteiger charge is 2.18. The lowest BCUT2D eigenvalue weighted by Crippen LogP contribution is -2.16. The number of benzene rings is 1. The molecule has 0 bridgehead atoms. The van der Waals surface area contributed by atoms with Crippen molar-refractivity contribution in [1.82, 2.24) is 0 Å². The average Bonchev–Trinajstić information content (AvgIpc) is 2.31. The molecule has 10 heteroatoms. The topological polar surface area (TPSA) is 77.5 Å². The van der Waals surface area contributed by atoms with Crippen molar-refractivity contribution < 1.29 is 21.6 Å². The molecule has 0 radical (unpaired) electrons. The van der Waals surface area contributed by atoms with Crippen LogP contribution in [-0.4, -0.2) is 34.9 Å². The van der Waals surface area contributed by atoms with Crippen molar-refractivity contribution in [3.8, 4) is 5.75 Å². The van der Waals surface area contributed by atoms with Crippen molar-refractivity contribution >= 4 is 52.8 Å². The Morgan fingerprint density at radius 3 is 2.19 bits per heavy atom. The van der Waals surface area contributed by atoms with Crippen molar-refractivity contribution in [2.45, 2.75) is 18.2 Å². The Kier molecular flexibility index (Phi) is 6.61. The number of rotatable bonds is 7. The molecule has 0 aliphatic heterocycles. The molecule has 5 nitrogen and oxygen atoms in total. The van der Waals surface area contributed by atoms with Gasteiger partial charge in [0.1, 0.15) is 17.3 Å². The Hall–Kier alpha value is -0.210. The molecule has 0 heterocycles. The van der Waals surface area contributed by atoms with Gasteiger partial charge in [-0.2, -0.15) is 0 Å². The minimum Gasteiger partial charge on any atom is -0.491 e. The molecule has 0 spiro atoms. The van der Waals surface area contributed by atoms with Crippen LogP contribution in [0, 0.1) is 0 Å². The highest BCUT2D eigenvalue weighted by molar-refractivity contribution is 8.13. The van der Waals surface area contributed by atoms with E-state index in [0.717, 1.165) is 6.07 Å². The molecule has 0 atom stereocenters. The van der Waals surface area contributed by atoms with Crippen molar-refractivity contribution in [2.24, 2.45) is 0 Å². The molecule has 1 aromatic rings. The van der Waals surface area contributed by atoms with Crippen LogP contribution < -0.4 is 4.74 Å². The summed E-state index contributed by atoms with van der Waals surface area (Å²) in [6.45, 7) is 1.66. The van der Waals surface area contributed by atoms with Crippen molar-refractivity contribution in [1.29, 1.82) is 0 Å². The molecular formula is C11H13Cl3O5S2. The zero-order valence-corrected chi connectivity index (χ0v) is 14.9. The number of ether oxygens (including phenoxy) is 1. The molecule has 0 N–H and O–H groups in total. The van der Waals surface area contributed by atoms with Gasteiger partial charge in [-0.25, -0.2) is 16.8 Å². The first kappa shape index (κ1) is 18.8. The van der Waals surface area contributed by atoms with Crippen LogP contribution in [-0.2, 0) is 18.9 Å². The highest BCUT2D eigenvalue weighted by Crippen LogP contribution is 2.34. The largest absolute Gasteiger partial charge is 0.491 e. The molecule has 0 aromatic heterocycles. The van der Waals surface area contributed by atoms with Gasteiger partial charge in [-0.15, -0.1) is 0 Å². The smallest absolute Gasteiger partial charge is 0.262 e. The molecular weight excluding hydrogens is 383 g/mol. The van der Waals surface area contributed by atoms with Gasteiger partial charge in [0.05, 0.1) is 21.6 Å². The Balaban J connectivity index is 2.85. The van der Waals surface area contributed by atoms with E-state index in [4.69, 9.17) is 38.6 Å². The van der Waals surface area contributed by atoms with Gasteiger partial charge < -0.3 is 4.74 Å². The molecule has 0 saturated carbocycles. The van der Waals surface area contributed by atoms with Crippen LogP contribution in [0.25, 0.3) is 0 Å². The summed E-state index contributed by atoms with van der Waals surface area (Å²) < 4.78 is 50.8. The summed E-state index contributed by atoms with van der Waals surface area (Å²) in [7, 11) is -2.00. The quantitative estimate of drug-likeness (QED) is 0.663. The molecule has 0 aliphatic carbocycles. The number of hydrogen-bond acceptors (Lipinski definition) is 5. The van der Waals surface area contributed by atoms with Gasteiger partial charge in [0.2, 0.25) is 0 Å². The second-order valence-electron chi connectivity index (χ2n) is 4.15. The van der Waals surface area contributed by atoms with Crippen molar-refractivity contribution in [3.63, 3.8) is 0 Å². The maximum absolute atomic E-state index is 11.5. The number of hydrogen-bond donors (Lipinski definition) is 0. The summed E-state index contributed by atoms with van der Waals surface area (Å²) in [5.74, 6) is 0.0101. The summed E-state index contributed by atoms with van der Waals surface area (Å²) >= 11 is 11.6. The van der Waals surface area contributed by atoms with Crippen LogP contribution >= 0.6 is 33.9 Å². The molecule has 0 fully saturated rings. The van der Waals surface area contributed by atoms with Crippen molar-refractivity contribution in [2.75, 3.05) is 18.1 Å². The first-order valence-electron chi connectivity index (χ1n) is 5.84. The summed E-state index contributed by atoms with van der Waals surface area (Å²) in [4.78, 5) is -0.332. The number of sulfone groups is 1. The minimum atomic E-state index is -4.02. The van der Waals surface area contributed by atoms with E-state index in [0.29, 0.717) is 6.42 Å². The Morgan fingerprint density at radius 1 is 1.05 bits per heavy atom. The maximum Gasteiger partial charge on any atom is 0.262 e. The van der Waals surface area contributed by atoms with E-state index in [1.165, 1.54) is 6.07 Å². The molecule has 0 aliphatic rings. The average molecular weight is 396 g/mol. The third-order valence-electron chi connectivity index (χ3n) is 2.42. The lowest BCUT2D eigenvalue weighted by Gasteiger charge is -2.10. The second kappa shape index (κ2) is 7.37. The van der Waals surface area contributed by atoms with E-state index in [1.807, 2.05) is 0 Å². The van der Waals surface area contributed by atoms with Gasteiger partial charge in [-0.05, 0) is 12.5 Å². The van der Waals surface area contributed by atoms with Crippen LogP contribution in [0.2, 0.25) is 10.0 Å². The van der Waals surface area contributed by atoms with Gasteiger partial charge in [-0.3, -0.25) is 0 Å². The van der Waals surface area contributed by atoms with E-state index in [9.17, 15) is 16.8 Å². The molecule has 21 heavy (non-hydrogen) atoms. The van der Waals surface area contributed by atoms with Gasteiger partial charge in [0.15, 0.2) is 9.84 Å². The summed E-state index contributed by atoms with van der Waals surface area (Å²) in [5.41, 5.74) is 0. The van der Waals surface area contributed by atoms with E-state index in [1.54, 1.807) is 6.92 Å². The van der Waals surface area contributed by atoms with Crippen LogP contribution in [0.5, 0.6) is 5.75 Å². The van der Waals surface area contributed by atoms with E-state index < -0.39 is 18.9 Å². The van der Waals surface area contributed by atoms with E-state index >= 15 is 0 Å². The molecule has 0 saturated heterocycles. The SMILES string of the molecule is CCCS(=O)(=O)CCOc1cc(Cl)c(S(=O)(=O)Cl)cc1Cl. The lowest BCUT2D eigenvalue weighted by molar-refractivity contribution is 0.341. The monoisotopic (exact) mass is 394 g/mol. The number of halogens is 3. The highest BCUT2D eigenvalue weighted by atomic mass is 35.7. The summed E-state index contributed by atoms with van der Waals surface area (Å²) in [5, 5.41) is -0.174. The minimum absolute atomic E-state index is 0.0217. The van der Waals surface area contributed by atoms with Crippen LogP contribution in [0.4, 0.5) is 0 Å².